The van der Waals surface area contributed by atoms with Crippen molar-refractivity contribution in [2.45, 2.75) is 39.3 Å². The molecule has 0 amide bonds. The summed E-state index contributed by atoms with van der Waals surface area (Å²) in [7, 11) is 1.96. The molecule has 1 aromatic heterocycles. The molecule has 84 valence electrons. The Morgan fingerprint density at radius 1 is 1.53 bits per heavy atom. The van der Waals surface area contributed by atoms with E-state index in [1.54, 1.807) is 0 Å². The number of nitrogens with one attached hydrogen (secondary N) is 1. The molecule has 15 heavy (non-hydrogen) atoms. The number of aromatic nitrogens is 2. The zero-order chi connectivity index (χ0) is 11.0. The lowest BCUT2D eigenvalue weighted by Gasteiger charge is -2.18. The van der Waals surface area contributed by atoms with E-state index in [9.17, 15) is 0 Å². The van der Waals surface area contributed by atoms with Crippen molar-refractivity contribution in [1.82, 2.24) is 15.1 Å². The largest absolute Gasteiger partial charge is 0.307 e. The lowest BCUT2D eigenvalue weighted by Crippen LogP contribution is -2.30. The molecule has 0 aromatic carbocycles. The zero-order valence-electron chi connectivity index (χ0n) is 10.1. The van der Waals surface area contributed by atoms with Crippen molar-refractivity contribution in [3.8, 4) is 0 Å². The molecule has 2 rings (SSSR count). The monoisotopic (exact) mass is 207 g/mol. The molecule has 0 aliphatic heterocycles. The molecule has 4 atom stereocenters. The average Bonchev–Trinajstić information content (AvgIpc) is 2.73. The molecule has 0 radical (unpaired) electrons. The summed E-state index contributed by atoms with van der Waals surface area (Å²) in [6.45, 7) is 6.83. The van der Waals surface area contributed by atoms with E-state index < -0.39 is 0 Å². The van der Waals surface area contributed by atoms with Crippen LogP contribution in [0, 0.1) is 11.8 Å². The lowest BCUT2D eigenvalue weighted by molar-refractivity contribution is 0.428. The van der Waals surface area contributed by atoms with E-state index in [2.05, 4.69) is 37.4 Å². The molecule has 3 nitrogen and oxygen atoms in total. The van der Waals surface area contributed by atoms with Gasteiger partial charge in [-0.25, -0.2) is 0 Å². The topological polar surface area (TPSA) is 29.9 Å². The van der Waals surface area contributed by atoms with Crippen LogP contribution in [-0.2, 0) is 7.05 Å². The van der Waals surface area contributed by atoms with Crippen LogP contribution in [0.4, 0.5) is 0 Å². The predicted molar refractivity (Wildman–Crippen MR) is 61.5 cm³/mol. The third kappa shape index (κ3) is 2.40. The SMILES string of the molecule is CC(NC(C)[C@@H]1C[C@H]1C)c1cnn(C)c1. The zero-order valence-corrected chi connectivity index (χ0v) is 10.1. The third-order valence-corrected chi connectivity index (χ3v) is 3.55. The molecule has 1 heterocycles. The van der Waals surface area contributed by atoms with Gasteiger partial charge in [-0.05, 0) is 32.1 Å². The maximum absolute atomic E-state index is 4.20. The second-order valence-electron chi connectivity index (χ2n) is 5.00. The minimum Gasteiger partial charge on any atom is -0.307 e. The molecule has 0 bridgehead atoms. The smallest absolute Gasteiger partial charge is 0.0537 e. The van der Waals surface area contributed by atoms with Crippen LogP contribution >= 0.6 is 0 Å². The van der Waals surface area contributed by atoms with Gasteiger partial charge in [0, 0.05) is 30.9 Å². The van der Waals surface area contributed by atoms with Crippen molar-refractivity contribution in [3.63, 3.8) is 0 Å². The van der Waals surface area contributed by atoms with Crippen molar-refractivity contribution in [2.24, 2.45) is 18.9 Å². The van der Waals surface area contributed by atoms with E-state index >= 15 is 0 Å². The fourth-order valence-electron chi connectivity index (χ4n) is 2.33. The Labute approximate surface area is 91.9 Å². The Morgan fingerprint density at radius 3 is 2.67 bits per heavy atom. The Kier molecular flexibility index (Phi) is 2.83. The first-order valence-corrected chi connectivity index (χ1v) is 5.82. The van der Waals surface area contributed by atoms with Crippen molar-refractivity contribution in [3.05, 3.63) is 18.0 Å². The van der Waals surface area contributed by atoms with E-state index in [1.165, 1.54) is 12.0 Å². The molecular weight excluding hydrogens is 186 g/mol. The second-order valence-corrected chi connectivity index (χ2v) is 5.00. The molecule has 1 aliphatic rings. The van der Waals surface area contributed by atoms with Crippen LogP contribution in [-0.4, -0.2) is 15.8 Å². The fraction of sp³-hybridized carbons (Fsp3) is 0.750. The predicted octanol–water partition coefficient (Wildman–Crippen LogP) is 2.12. The molecule has 1 aromatic rings. The summed E-state index contributed by atoms with van der Waals surface area (Å²) in [5.74, 6) is 1.79. The van der Waals surface area contributed by atoms with E-state index in [-0.39, 0.29) is 0 Å². The maximum Gasteiger partial charge on any atom is 0.0537 e. The van der Waals surface area contributed by atoms with Crippen LogP contribution < -0.4 is 5.32 Å². The quantitative estimate of drug-likeness (QED) is 0.819. The standard InChI is InChI=1S/C12H21N3/c1-8-5-12(8)10(3)14-9(2)11-6-13-15(4)7-11/h6-10,12,14H,5H2,1-4H3/t8-,9?,10?,12-/m1/s1. The van der Waals surface area contributed by atoms with Gasteiger partial charge in [0.2, 0.25) is 0 Å². The van der Waals surface area contributed by atoms with Gasteiger partial charge < -0.3 is 5.32 Å². The van der Waals surface area contributed by atoms with Crippen molar-refractivity contribution in [2.75, 3.05) is 0 Å². The van der Waals surface area contributed by atoms with Crippen LogP contribution in [0.3, 0.4) is 0 Å². The molecule has 1 saturated carbocycles. The van der Waals surface area contributed by atoms with Gasteiger partial charge in [-0.1, -0.05) is 6.92 Å². The second kappa shape index (κ2) is 3.97. The highest BCUT2D eigenvalue weighted by Crippen LogP contribution is 2.40. The van der Waals surface area contributed by atoms with Gasteiger partial charge in [0.25, 0.3) is 0 Å². The van der Waals surface area contributed by atoms with Crippen LogP contribution in [0.25, 0.3) is 0 Å². The molecule has 1 fully saturated rings. The summed E-state index contributed by atoms with van der Waals surface area (Å²) in [6.07, 6.45) is 5.41. The van der Waals surface area contributed by atoms with E-state index in [1.807, 2.05) is 17.9 Å². The molecule has 0 spiro atoms. The molecule has 2 unspecified atom stereocenters. The number of nitrogens with zero attached hydrogens (tertiary/aromatic N) is 2. The molecule has 3 heteroatoms. The van der Waals surface area contributed by atoms with Gasteiger partial charge in [-0.3, -0.25) is 4.68 Å². The molecular formula is C12H21N3. The first-order valence-electron chi connectivity index (χ1n) is 5.82. The van der Waals surface area contributed by atoms with Crippen LogP contribution in [0.15, 0.2) is 12.4 Å². The van der Waals surface area contributed by atoms with Gasteiger partial charge in [-0.15, -0.1) is 0 Å². The first-order chi connectivity index (χ1) is 7.08. The minimum atomic E-state index is 0.404. The van der Waals surface area contributed by atoms with Gasteiger partial charge >= 0.3 is 0 Å². The average molecular weight is 207 g/mol. The van der Waals surface area contributed by atoms with Crippen molar-refractivity contribution < 1.29 is 0 Å². The highest BCUT2D eigenvalue weighted by molar-refractivity contribution is 5.09. The van der Waals surface area contributed by atoms with E-state index in [0.29, 0.717) is 12.1 Å². The first kappa shape index (κ1) is 10.7. The van der Waals surface area contributed by atoms with Gasteiger partial charge in [0.1, 0.15) is 0 Å². The van der Waals surface area contributed by atoms with Crippen molar-refractivity contribution in [1.29, 1.82) is 0 Å². The number of rotatable bonds is 4. The summed E-state index contributed by atoms with van der Waals surface area (Å²) in [5.41, 5.74) is 1.28. The minimum absolute atomic E-state index is 0.404. The molecule has 1 aliphatic carbocycles. The third-order valence-electron chi connectivity index (χ3n) is 3.55. The van der Waals surface area contributed by atoms with Crippen LogP contribution in [0.1, 0.15) is 38.8 Å². The molecule has 0 saturated heterocycles. The maximum atomic E-state index is 4.20. The summed E-state index contributed by atoms with van der Waals surface area (Å²) in [5, 5.41) is 7.85. The Bertz CT molecular complexity index is 331. The number of hydrogen-bond donors (Lipinski definition) is 1. The Balaban J connectivity index is 1.89. The fourth-order valence-corrected chi connectivity index (χ4v) is 2.33. The summed E-state index contributed by atoms with van der Waals surface area (Å²) in [4.78, 5) is 0. The van der Waals surface area contributed by atoms with Gasteiger partial charge in [-0.2, -0.15) is 5.10 Å². The summed E-state index contributed by atoms with van der Waals surface area (Å²) < 4.78 is 1.86. The van der Waals surface area contributed by atoms with Gasteiger partial charge in [0.05, 0.1) is 6.20 Å². The molecule has 1 N–H and O–H groups in total. The number of hydrogen-bond acceptors (Lipinski definition) is 2. The summed E-state index contributed by atoms with van der Waals surface area (Å²) in [6, 6.07) is 1.02. The Hall–Kier alpha value is -0.830. The van der Waals surface area contributed by atoms with Crippen LogP contribution in [0.5, 0.6) is 0 Å². The van der Waals surface area contributed by atoms with E-state index in [4.69, 9.17) is 0 Å². The van der Waals surface area contributed by atoms with Crippen LogP contribution in [0.2, 0.25) is 0 Å². The number of aryl methyl sites for hydroxylation is 1. The van der Waals surface area contributed by atoms with Crippen molar-refractivity contribution >= 4 is 0 Å². The van der Waals surface area contributed by atoms with Gasteiger partial charge in [0.15, 0.2) is 0 Å². The lowest BCUT2D eigenvalue weighted by atomic mass is 10.1. The highest BCUT2D eigenvalue weighted by atomic mass is 15.2. The highest BCUT2D eigenvalue weighted by Gasteiger charge is 2.37. The summed E-state index contributed by atoms with van der Waals surface area (Å²) >= 11 is 0. The Morgan fingerprint density at radius 2 is 2.20 bits per heavy atom. The van der Waals surface area contributed by atoms with E-state index in [0.717, 1.165) is 11.8 Å². The normalized spacial score (nSPS) is 28.8.